The van der Waals surface area contributed by atoms with Gasteiger partial charge < -0.3 is 20.8 Å². The fourth-order valence-corrected chi connectivity index (χ4v) is 10.8. The SMILES string of the molecule is O=S(=O)(O)c1ccc(N=Nc2ccc(N=Nc3c(S(=O)(=O)O)cc4cc(NCNc5ccc6c(O)c(/N=N\c7ccc(N=Nc8ccc(S(=O)(=O)O)cc8)cc7S(=O)(=O)O)c(S(=O)(=O)O)cc6c5)ccc4c3O)c(S(=O)(=O)O)c2)cc1. The molecule has 0 aliphatic heterocycles. The minimum absolute atomic E-state index is 0.0105. The first-order chi connectivity index (χ1) is 37.7. The van der Waals surface area contributed by atoms with Crippen molar-refractivity contribution in [2.45, 2.75) is 29.4 Å². The van der Waals surface area contributed by atoms with E-state index in [0.717, 1.165) is 72.8 Å². The van der Waals surface area contributed by atoms with Crippen LogP contribution in [0.15, 0.2) is 204 Å². The van der Waals surface area contributed by atoms with E-state index in [9.17, 15) is 78.9 Å². The van der Waals surface area contributed by atoms with E-state index in [1.807, 2.05) is 0 Å². The number of nitrogens with one attached hydrogen (secondary N) is 2. The van der Waals surface area contributed by atoms with Gasteiger partial charge in [0.1, 0.15) is 42.3 Å². The Labute approximate surface area is 457 Å². The second kappa shape index (κ2) is 22.1. The van der Waals surface area contributed by atoms with Gasteiger partial charge in [-0.1, -0.05) is 0 Å². The molecule has 0 spiro atoms. The second-order valence-electron chi connectivity index (χ2n) is 16.5. The summed E-state index contributed by atoms with van der Waals surface area (Å²) in [7, 11) is -29.6. The van der Waals surface area contributed by atoms with E-state index >= 15 is 0 Å². The second-order valence-corrected chi connectivity index (χ2v) is 24.9. The van der Waals surface area contributed by atoms with Crippen molar-refractivity contribution < 1.29 is 88.0 Å². The molecule has 0 aromatic heterocycles. The van der Waals surface area contributed by atoms with Crippen molar-refractivity contribution >= 4 is 139 Å². The zero-order chi connectivity index (χ0) is 59.0. The van der Waals surface area contributed by atoms with Crippen LogP contribution in [-0.2, 0) is 60.7 Å². The molecule has 8 rings (SSSR count). The quantitative estimate of drug-likeness (QED) is 0.0217. The lowest BCUT2D eigenvalue weighted by Crippen LogP contribution is -2.11. The summed E-state index contributed by atoms with van der Waals surface area (Å²) in [4.78, 5) is -4.64. The average molecular weight is 1230 g/mol. The molecule has 8 aromatic rings. The molecule has 8 aromatic carbocycles. The number of hydrogen-bond donors (Lipinski definition) is 10. The molecule has 81 heavy (non-hydrogen) atoms. The predicted molar refractivity (Wildman–Crippen MR) is 285 cm³/mol. The lowest BCUT2D eigenvalue weighted by Gasteiger charge is -2.14. The van der Waals surface area contributed by atoms with E-state index in [1.165, 1.54) is 60.7 Å². The normalized spacial score (nSPS) is 13.1. The summed E-state index contributed by atoms with van der Waals surface area (Å²) in [6.45, 7) is -0.120. The summed E-state index contributed by atoms with van der Waals surface area (Å²) in [6, 6.07) is 24.8. The Hall–Kier alpha value is -8.66. The molecule has 0 aliphatic carbocycles. The van der Waals surface area contributed by atoms with Gasteiger partial charge in [-0.25, -0.2) is 0 Å². The molecule has 0 heterocycles. The van der Waals surface area contributed by atoms with Crippen molar-refractivity contribution in [1.82, 2.24) is 0 Å². The van der Waals surface area contributed by atoms with Gasteiger partial charge in [0, 0.05) is 22.1 Å². The number of benzene rings is 8. The zero-order valence-corrected chi connectivity index (χ0v) is 44.8. The molecule has 0 bridgehead atoms. The Morgan fingerprint density at radius 3 is 0.963 bits per heavy atom. The molecule has 0 atom stereocenters. The van der Waals surface area contributed by atoms with Crippen LogP contribution in [0.1, 0.15) is 0 Å². The first kappa shape index (κ1) is 58.5. The van der Waals surface area contributed by atoms with Gasteiger partial charge in [0.15, 0.2) is 11.5 Å². The standard InChI is InChI=1S/C45H34N10O20S6/c56-44-34-13-5-28(17-24(34)19-40(80(70,71)72)42(44)54-52-36-15-7-30(21-38(36)78(64,65)66)50-48-26-1-9-32(10-2-26)76(58,59)60)46-23-47-29-6-14-35-25(18-29)20-41(81(73,74)75)43(45(35)57)55-53-37-16-8-31(22-39(37)79(67,68)69)51-49-27-3-11-33(12-4-27)77(61,62)63/h1-22,46-47,56-57H,23H2,(H,58,59,60)(H,61,62,63)(H,64,65,66)(H,67,68,69)(H,70,71,72)(H,73,74,75)/b50-48?,51-49?,54-52-,55-53?. The highest BCUT2D eigenvalue weighted by Gasteiger charge is 2.26. The van der Waals surface area contributed by atoms with E-state index < -0.39 is 124 Å². The van der Waals surface area contributed by atoms with Crippen molar-refractivity contribution in [3.63, 3.8) is 0 Å². The monoisotopic (exact) mass is 1230 g/mol. The Kier molecular flexibility index (Phi) is 16.0. The van der Waals surface area contributed by atoms with Gasteiger partial charge >= 0.3 is 0 Å². The van der Waals surface area contributed by atoms with Gasteiger partial charge in [-0.05, 0) is 144 Å². The molecule has 36 heteroatoms. The third-order valence-electron chi connectivity index (χ3n) is 11.0. The highest BCUT2D eigenvalue weighted by molar-refractivity contribution is 7.87. The van der Waals surface area contributed by atoms with E-state index in [1.54, 1.807) is 0 Å². The van der Waals surface area contributed by atoms with Crippen LogP contribution in [0.5, 0.6) is 11.5 Å². The molecule has 0 saturated carbocycles. The summed E-state index contributed by atoms with van der Waals surface area (Å²) in [5.74, 6) is -1.68. The smallest absolute Gasteiger partial charge is 0.296 e. The van der Waals surface area contributed by atoms with E-state index in [-0.39, 0.29) is 62.3 Å². The number of azo groups is 4. The van der Waals surface area contributed by atoms with Crippen molar-refractivity contribution in [1.29, 1.82) is 0 Å². The van der Waals surface area contributed by atoms with Gasteiger partial charge in [-0.15, -0.1) is 20.5 Å². The van der Waals surface area contributed by atoms with E-state index in [4.69, 9.17) is 9.11 Å². The number of aromatic hydroxyl groups is 2. The Balaban J connectivity index is 1.00. The zero-order valence-electron chi connectivity index (χ0n) is 39.9. The molecular weight excluding hydrogens is 1190 g/mol. The van der Waals surface area contributed by atoms with Crippen molar-refractivity contribution in [2.24, 2.45) is 40.9 Å². The first-order valence-corrected chi connectivity index (χ1v) is 30.5. The van der Waals surface area contributed by atoms with Gasteiger partial charge in [-0.2, -0.15) is 71.0 Å². The number of fused-ring (bicyclic) bond motifs is 2. The third-order valence-corrected chi connectivity index (χ3v) is 16.3. The van der Waals surface area contributed by atoms with Gasteiger partial charge in [-0.3, -0.25) is 27.3 Å². The molecule has 0 unspecified atom stereocenters. The van der Waals surface area contributed by atoms with Crippen LogP contribution in [0.3, 0.4) is 0 Å². The molecule has 30 nitrogen and oxygen atoms in total. The van der Waals surface area contributed by atoms with E-state index in [2.05, 4.69) is 51.5 Å². The van der Waals surface area contributed by atoms with Crippen LogP contribution in [0.2, 0.25) is 0 Å². The molecule has 0 fully saturated rings. The Morgan fingerprint density at radius 2 is 0.642 bits per heavy atom. The molecule has 420 valence electrons. The minimum atomic E-state index is -5.21. The number of nitrogens with zero attached hydrogens (tertiary/aromatic N) is 8. The van der Waals surface area contributed by atoms with Crippen LogP contribution in [0.4, 0.5) is 56.9 Å². The van der Waals surface area contributed by atoms with Crippen LogP contribution in [0.25, 0.3) is 21.5 Å². The summed E-state index contributed by atoms with van der Waals surface area (Å²) < 4.78 is 204. The molecular formula is C45H34N10O20S6. The van der Waals surface area contributed by atoms with Crippen LogP contribution in [-0.4, -0.2) is 94.7 Å². The number of rotatable bonds is 18. The summed E-state index contributed by atoms with van der Waals surface area (Å²) in [5.41, 5.74) is -2.53. The van der Waals surface area contributed by atoms with Gasteiger partial charge in [0.25, 0.3) is 60.7 Å². The predicted octanol–water partition coefficient (Wildman–Crippen LogP) is 10.0. The largest absolute Gasteiger partial charge is 0.505 e. The van der Waals surface area contributed by atoms with E-state index in [0.29, 0.717) is 0 Å². The lowest BCUT2D eigenvalue weighted by molar-refractivity contribution is 0.471. The maximum atomic E-state index is 12.6. The molecule has 0 amide bonds. The highest BCUT2D eigenvalue weighted by Crippen LogP contribution is 2.45. The summed E-state index contributed by atoms with van der Waals surface area (Å²) >= 11 is 0. The average Bonchev–Trinajstić information content (AvgIpc) is 3.55. The number of phenols is 2. The molecule has 0 radical (unpaired) electrons. The number of hydrogen-bond acceptors (Lipinski definition) is 24. The van der Waals surface area contributed by atoms with Gasteiger partial charge in [0.05, 0.1) is 39.2 Å². The van der Waals surface area contributed by atoms with Crippen molar-refractivity contribution in [2.75, 3.05) is 17.3 Å². The molecule has 10 N–H and O–H groups in total. The fourth-order valence-electron chi connectivity index (χ4n) is 7.27. The summed E-state index contributed by atoms with van der Waals surface area (Å²) in [5, 5.41) is 58.6. The van der Waals surface area contributed by atoms with Crippen LogP contribution < -0.4 is 10.6 Å². The highest BCUT2D eigenvalue weighted by atomic mass is 32.2. The first-order valence-electron chi connectivity index (χ1n) is 21.8. The topological polar surface area (TPSA) is 490 Å². The van der Waals surface area contributed by atoms with Crippen LogP contribution >= 0.6 is 0 Å². The Bertz CT molecular complexity index is 4440. The molecule has 0 saturated heterocycles. The van der Waals surface area contributed by atoms with Crippen LogP contribution in [0, 0.1) is 0 Å². The maximum Gasteiger partial charge on any atom is 0.296 e. The maximum absolute atomic E-state index is 12.6. The number of phenolic OH excluding ortho intramolecular Hbond substituents is 2. The van der Waals surface area contributed by atoms with Gasteiger partial charge in [0.2, 0.25) is 0 Å². The lowest BCUT2D eigenvalue weighted by atomic mass is 10.1. The minimum Gasteiger partial charge on any atom is -0.505 e. The van der Waals surface area contributed by atoms with Crippen molar-refractivity contribution in [3.05, 3.63) is 133 Å². The third kappa shape index (κ3) is 13.9. The van der Waals surface area contributed by atoms with Crippen molar-refractivity contribution in [3.8, 4) is 11.5 Å². The number of anilines is 2. The fraction of sp³-hybridized carbons (Fsp3) is 0.0222. The Morgan fingerprint density at radius 1 is 0.321 bits per heavy atom. The molecule has 0 aliphatic rings. The summed E-state index contributed by atoms with van der Waals surface area (Å²) in [6.07, 6.45) is 0.